The molecule has 0 bridgehead atoms. The summed E-state index contributed by atoms with van der Waals surface area (Å²) in [5, 5.41) is 6.09. The Morgan fingerprint density at radius 1 is 1.67 bits per heavy atom. The second-order valence-electron chi connectivity index (χ2n) is 1.55. The van der Waals surface area contributed by atoms with Crippen LogP contribution in [0.5, 0.6) is 0 Å². The number of aromatic amines is 1. The summed E-state index contributed by atoms with van der Waals surface area (Å²) >= 11 is 2.18. The zero-order valence-electron chi connectivity index (χ0n) is 4.60. The predicted octanol–water partition coefficient (Wildman–Crippen LogP) is 0.705. The molecule has 0 saturated carbocycles. The Morgan fingerprint density at radius 3 is 2.89 bits per heavy atom. The van der Waals surface area contributed by atoms with Gasteiger partial charge < -0.3 is 0 Å². The lowest BCUT2D eigenvalue weighted by Gasteiger charge is -1.87. The minimum Gasteiger partial charge on any atom is -0.268 e. The number of H-pyrrole nitrogens is 1. The average Bonchev–Trinajstić information content (AvgIpc) is 1.90. The van der Waals surface area contributed by atoms with Crippen LogP contribution in [-0.4, -0.2) is 10.2 Å². The molecule has 9 heavy (non-hydrogen) atoms. The van der Waals surface area contributed by atoms with Crippen molar-refractivity contribution in [2.45, 2.75) is 4.43 Å². The summed E-state index contributed by atoms with van der Waals surface area (Å²) in [6.45, 7) is 0. The molecule has 0 spiro atoms. The van der Waals surface area contributed by atoms with Gasteiger partial charge in [-0.15, -0.1) is 0 Å². The van der Waals surface area contributed by atoms with E-state index in [9.17, 15) is 4.79 Å². The third kappa shape index (κ3) is 1.78. The zero-order chi connectivity index (χ0) is 6.69. The first-order valence-corrected chi connectivity index (χ1v) is 3.96. The maximum Gasteiger partial charge on any atom is 0.264 e. The molecule has 1 rings (SSSR count). The minimum absolute atomic E-state index is 0.149. The van der Waals surface area contributed by atoms with E-state index >= 15 is 0 Å². The highest BCUT2D eigenvalue weighted by molar-refractivity contribution is 14.1. The quantitative estimate of drug-likeness (QED) is 0.576. The van der Waals surface area contributed by atoms with Crippen LogP contribution in [0.15, 0.2) is 16.9 Å². The molecule has 0 aromatic carbocycles. The molecule has 0 radical (unpaired) electrons. The standard InChI is InChI=1S/C5H5IN2O/c6-3-4-1-2-5(9)8-7-4/h1-2H,3H2,(H,8,9). The number of aromatic nitrogens is 2. The van der Waals surface area contributed by atoms with Crippen molar-refractivity contribution in [3.05, 3.63) is 28.2 Å². The van der Waals surface area contributed by atoms with Gasteiger partial charge in [0.1, 0.15) is 0 Å². The Hall–Kier alpha value is -0.390. The first-order valence-electron chi connectivity index (χ1n) is 2.43. The van der Waals surface area contributed by atoms with E-state index in [0.717, 1.165) is 10.1 Å². The summed E-state index contributed by atoms with van der Waals surface area (Å²) in [6.07, 6.45) is 0. The van der Waals surface area contributed by atoms with Crippen molar-refractivity contribution < 1.29 is 0 Å². The molecular formula is C5H5IN2O. The summed E-state index contributed by atoms with van der Waals surface area (Å²) in [4.78, 5) is 10.4. The van der Waals surface area contributed by atoms with E-state index in [1.165, 1.54) is 6.07 Å². The average molecular weight is 236 g/mol. The molecule has 0 atom stereocenters. The fourth-order valence-corrected chi connectivity index (χ4v) is 0.873. The monoisotopic (exact) mass is 236 g/mol. The van der Waals surface area contributed by atoms with Gasteiger partial charge in [0.05, 0.1) is 5.69 Å². The molecule has 1 aromatic rings. The Balaban J connectivity index is 3.02. The highest BCUT2D eigenvalue weighted by Crippen LogP contribution is 1.95. The summed E-state index contributed by atoms with van der Waals surface area (Å²) < 4.78 is 0.828. The summed E-state index contributed by atoms with van der Waals surface area (Å²) in [6, 6.07) is 3.19. The molecule has 0 fully saturated rings. The summed E-state index contributed by atoms with van der Waals surface area (Å²) in [5.41, 5.74) is 0.749. The van der Waals surface area contributed by atoms with Crippen LogP contribution in [0.25, 0.3) is 0 Å². The molecule has 4 heteroatoms. The van der Waals surface area contributed by atoms with E-state index < -0.39 is 0 Å². The second-order valence-corrected chi connectivity index (χ2v) is 2.31. The Morgan fingerprint density at radius 2 is 2.44 bits per heavy atom. The van der Waals surface area contributed by atoms with Gasteiger partial charge in [0.25, 0.3) is 5.56 Å². The zero-order valence-corrected chi connectivity index (χ0v) is 6.75. The smallest absolute Gasteiger partial charge is 0.264 e. The minimum atomic E-state index is -0.149. The number of rotatable bonds is 1. The van der Waals surface area contributed by atoms with Crippen molar-refractivity contribution in [2.75, 3.05) is 0 Å². The maximum atomic E-state index is 10.4. The fourth-order valence-electron chi connectivity index (χ4n) is 0.448. The molecule has 0 amide bonds. The van der Waals surface area contributed by atoms with Gasteiger partial charge in [0.2, 0.25) is 0 Å². The number of nitrogens with zero attached hydrogens (tertiary/aromatic N) is 1. The van der Waals surface area contributed by atoms with Crippen molar-refractivity contribution in [3.8, 4) is 0 Å². The summed E-state index contributed by atoms with van der Waals surface area (Å²) in [5.74, 6) is 0. The number of nitrogens with one attached hydrogen (secondary N) is 1. The van der Waals surface area contributed by atoms with Crippen LogP contribution in [0.4, 0.5) is 0 Å². The number of hydrogen-bond donors (Lipinski definition) is 1. The molecule has 3 nitrogen and oxygen atoms in total. The van der Waals surface area contributed by atoms with E-state index in [4.69, 9.17) is 0 Å². The van der Waals surface area contributed by atoms with Gasteiger partial charge in [-0.3, -0.25) is 4.79 Å². The van der Waals surface area contributed by atoms with Crippen molar-refractivity contribution in [3.63, 3.8) is 0 Å². The largest absolute Gasteiger partial charge is 0.268 e. The van der Waals surface area contributed by atoms with Gasteiger partial charge in [0, 0.05) is 10.5 Å². The Kier molecular flexibility index (Phi) is 2.21. The molecule has 1 heterocycles. The van der Waals surface area contributed by atoms with Crippen LogP contribution in [0, 0.1) is 0 Å². The number of alkyl halides is 1. The van der Waals surface area contributed by atoms with Crippen LogP contribution < -0.4 is 5.56 Å². The molecule has 0 aliphatic carbocycles. The van der Waals surface area contributed by atoms with Crippen molar-refractivity contribution in [1.29, 1.82) is 0 Å². The lowest BCUT2D eigenvalue weighted by molar-refractivity contribution is 0.943. The van der Waals surface area contributed by atoms with Gasteiger partial charge in [-0.25, -0.2) is 5.10 Å². The normalized spacial score (nSPS) is 9.44. The topological polar surface area (TPSA) is 45.8 Å². The van der Waals surface area contributed by atoms with Gasteiger partial charge in [-0.2, -0.15) is 5.10 Å². The second kappa shape index (κ2) is 2.95. The maximum absolute atomic E-state index is 10.4. The molecule has 0 aliphatic heterocycles. The first-order chi connectivity index (χ1) is 4.33. The molecule has 1 N–H and O–H groups in total. The highest BCUT2D eigenvalue weighted by atomic mass is 127. The predicted molar refractivity (Wildman–Crippen MR) is 42.6 cm³/mol. The molecule has 0 aliphatic rings. The van der Waals surface area contributed by atoms with E-state index in [2.05, 4.69) is 32.8 Å². The van der Waals surface area contributed by atoms with Crippen molar-refractivity contribution in [2.24, 2.45) is 0 Å². The molecule has 48 valence electrons. The third-order valence-corrected chi connectivity index (χ3v) is 1.66. The summed E-state index contributed by atoms with van der Waals surface area (Å²) in [7, 11) is 0. The van der Waals surface area contributed by atoms with Gasteiger partial charge >= 0.3 is 0 Å². The van der Waals surface area contributed by atoms with E-state index in [0.29, 0.717) is 0 Å². The third-order valence-electron chi connectivity index (χ3n) is 0.874. The van der Waals surface area contributed by atoms with Crippen LogP contribution in [0.1, 0.15) is 5.69 Å². The number of hydrogen-bond acceptors (Lipinski definition) is 2. The van der Waals surface area contributed by atoms with Gasteiger partial charge in [-0.1, -0.05) is 22.6 Å². The van der Waals surface area contributed by atoms with E-state index in [1.807, 2.05) is 0 Å². The molecular weight excluding hydrogens is 231 g/mol. The SMILES string of the molecule is O=c1ccc(CI)n[nH]1. The molecule has 1 aromatic heterocycles. The van der Waals surface area contributed by atoms with E-state index in [1.54, 1.807) is 6.07 Å². The van der Waals surface area contributed by atoms with Crippen LogP contribution in [0.2, 0.25) is 0 Å². The van der Waals surface area contributed by atoms with Crippen LogP contribution >= 0.6 is 22.6 Å². The van der Waals surface area contributed by atoms with Gasteiger partial charge in [-0.05, 0) is 6.07 Å². The fraction of sp³-hybridized carbons (Fsp3) is 0.200. The lowest BCUT2D eigenvalue weighted by atomic mass is 10.4. The molecule has 0 saturated heterocycles. The van der Waals surface area contributed by atoms with E-state index in [-0.39, 0.29) is 5.56 Å². The molecule has 0 unspecified atom stereocenters. The van der Waals surface area contributed by atoms with Crippen LogP contribution in [-0.2, 0) is 4.43 Å². The van der Waals surface area contributed by atoms with Gasteiger partial charge in [0.15, 0.2) is 0 Å². The number of halogens is 1. The Labute approximate surface area is 65.6 Å². The Bertz CT molecular complexity index is 224. The van der Waals surface area contributed by atoms with Crippen molar-refractivity contribution >= 4 is 22.6 Å². The first kappa shape index (κ1) is 6.73. The van der Waals surface area contributed by atoms with Crippen LogP contribution in [0.3, 0.4) is 0 Å². The highest BCUT2D eigenvalue weighted by Gasteiger charge is 1.87. The lowest BCUT2D eigenvalue weighted by Crippen LogP contribution is -2.06. The van der Waals surface area contributed by atoms with Crippen molar-refractivity contribution in [1.82, 2.24) is 10.2 Å².